The van der Waals surface area contributed by atoms with E-state index in [9.17, 15) is 4.39 Å². The summed E-state index contributed by atoms with van der Waals surface area (Å²) < 4.78 is 14.6. The van der Waals surface area contributed by atoms with Gasteiger partial charge in [-0.3, -0.25) is 0 Å². The molecular weight excluding hydrogens is 191 g/mol. The van der Waals surface area contributed by atoms with Crippen LogP contribution in [0.25, 0.3) is 5.69 Å². The number of hydrogen-bond donors (Lipinski definition) is 0. The lowest BCUT2D eigenvalue weighted by atomic mass is 10.3. The molecule has 3 heteroatoms. The van der Waals surface area contributed by atoms with Crippen molar-refractivity contribution >= 4 is 0 Å². The molecule has 0 aliphatic rings. The van der Waals surface area contributed by atoms with Crippen LogP contribution in [0.3, 0.4) is 0 Å². The van der Waals surface area contributed by atoms with E-state index in [4.69, 9.17) is 0 Å². The molecule has 0 saturated carbocycles. The van der Waals surface area contributed by atoms with Crippen molar-refractivity contribution in [2.75, 3.05) is 0 Å². The summed E-state index contributed by atoms with van der Waals surface area (Å²) in [5.41, 5.74) is 2.83. The molecule has 0 atom stereocenters. The van der Waals surface area contributed by atoms with Gasteiger partial charge in [0.25, 0.3) is 0 Å². The Bertz CT molecular complexity index is 477. The lowest BCUT2D eigenvalue weighted by Gasteiger charge is -1.97. The van der Waals surface area contributed by atoms with Crippen LogP contribution in [0.4, 0.5) is 4.39 Å². The van der Waals surface area contributed by atoms with Crippen LogP contribution in [-0.4, -0.2) is 5.10 Å². The molecule has 76 valence electrons. The van der Waals surface area contributed by atoms with E-state index in [-0.39, 0.29) is 5.82 Å². The van der Waals surface area contributed by atoms with Crippen LogP contribution in [0.1, 0.15) is 11.4 Å². The van der Waals surface area contributed by atoms with Crippen LogP contribution in [0.2, 0.25) is 0 Å². The fraction of sp³-hybridized carbons (Fsp3) is 0.167. The van der Waals surface area contributed by atoms with Gasteiger partial charge in [0.2, 0.25) is 11.4 Å². The molecule has 0 radical (unpaired) electrons. The first-order valence-electron chi connectivity index (χ1n) is 4.79. The second-order valence-corrected chi connectivity index (χ2v) is 3.50. The van der Waals surface area contributed by atoms with Crippen LogP contribution in [0.5, 0.6) is 0 Å². The van der Waals surface area contributed by atoms with Crippen LogP contribution >= 0.6 is 0 Å². The van der Waals surface area contributed by atoms with Crippen molar-refractivity contribution in [3.63, 3.8) is 0 Å². The normalized spacial score (nSPS) is 10.3. The molecule has 0 N–H and O–H groups in total. The van der Waals surface area contributed by atoms with Gasteiger partial charge in [0, 0.05) is 30.2 Å². The quantitative estimate of drug-likeness (QED) is 0.649. The topological polar surface area (TPSA) is 16.8 Å². The van der Waals surface area contributed by atoms with Gasteiger partial charge in [0.15, 0.2) is 0 Å². The van der Waals surface area contributed by atoms with Gasteiger partial charge in [-0.2, -0.15) is 0 Å². The van der Waals surface area contributed by atoms with Gasteiger partial charge in [-0.25, -0.2) is 4.39 Å². The molecule has 15 heavy (non-hydrogen) atoms. The zero-order valence-electron chi connectivity index (χ0n) is 8.74. The third-order valence-electron chi connectivity index (χ3n) is 2.23. The van der Waals surface area contributed by atoms with Crippen LogP contribution in [-0.2, 0) is 0 Å². The Kier molecular flexibility index (Phi) is 2.46. The number of benzene rings is 1. The Morgan fingerprint density at radius 2 is 1.67 bits per heavy atom. The molecule has 1 aromatic carbocycles. The lowest BCUT2D eigenvalue weighted by molar-refractivity contribution is -0.666. The molecule has 0 bridgehead atoms. The highest BCUT2D eigenvalue weighted by Crippen LogP contribution is 2.03. The van der Waals surface area contributed by atoms with Crippen LogP contribution < -0.4 is 4.68 Å². The Morgan fingerprint density at radius 3 is 2.33 bits per heavy atom. The first-order chi connectivity index (χ1) is 7.16. The predicted molar refractivity (Wildman–Crippen MR) is 55.2 cm³/mol. The molecule has 2 nitrogen and oxygen atoms in total. The fourth-order valence-electron chi connectivity index (χ4n) is 1.43. The maximum absolute atomic E-state index is 12.8. The number of nitrogens with zero attached hydrogens (tertiary/aromatic N) is 2. The molecule has 2 rings (SSSR count). The van der Waals surface area contributed by atoms with Crippen molar-refractivity contribution in [2.45, 2.75) is 13.8 Å². The standard InChI is InChI=1S/C12H12FN2/c1-9-3-4-10(2)15(14-9)12-7-5-11(13)6-8-12/h3-8H,1-2H3/q+1. The highest BCUT2D eigenvalue weighted by molar-refractivity contribution is 5.22. The first kappa shape index (κ1) is 9.77. The summed E-state index contributed by atoms with van der Waals surface area (Å²) in [6.07, 6.45) is 0. The number of aromatic nitrogens is 2. The molecule has 0 aliphatic heterocycles. The SMILES string of the molecule is Cc1ccc(C)[n+](-c2ccc(F)cc2)n1. The molecule has 0 unspecified atom stereocenters. The highest BCUT2D eigenvalue weighted by atomic mass is 19.1. The van der Waals surface area contributed by atoms with Crippen LogP contribution in [0.15, 0.2) is 36.4 Å². The summed E-state index contributed by atoms with van der Waals surface area (Å²) in [5.74, 6) is -0.232. The number of rotatable bonds is 1. The summed E-state index contributed by atoms with van der Waals surface area (Å²) in [6, 6.07) is 10.3. The predicted octanol–water partition coefficient (Wildman–Crippen LogP) is 2.11. The Balaban J connectivity index is 2.53. The Hall–Kier alpha value is -1.77. The summed E-state index contributed by atoms with van der Waals surface area (Å²) in [5, 5.41) is 4.37. The maximum Gasteiger partial charge on any atom is 0.238 e. The second-order valence-electron chi connectivity index (χ2n) is 3.50. The minimum absolute atomic E-state index is 0.232. The number of aryl methyl sites for hydroxylation is 2. The van der Waals surface area contributed by atoms with Crippen molar-refractivity contribution in [3.05, 3.63) is 53.6 Å². The summed E-state index contributed by atoms with van der Waals surface area (Å²) in [4.78, 5) is 0. The van der Waals surface area contributed by atoms with Gasteiger partial charge in [0.05, 0.1) is 0 Å². The lowest BCUT2D eigenvalue weighted by Crippen LogP contribution is -2.38. The van der Waals surface area contributed by atoms with E-state index in [1.807, 2.05) is 26.0 Å². The van der Waals surface area contributed by atoms with Crippen molar-refractivity contribution in [2.24, 2.45) is 0 Å². The third-order valence-corrected chi connectivity index (χ3v) is 2.23. The molecule has 1 heterocycles. The van der Waals surface area contributed by atoms with Gasteiger partial charge < -0.3 is 0 Å². The van der Waals surface area contributed by atoms with E-state index < -0.39 is 0 Å². The molecule has 0 fully saturated rings. The van der Waals surface area contributed by atoms with Gasteiger partial charge in [0.1, 0.15) is 11.5 Å². The average molecular weight is 203 g/mol. The summed E-state index contributed by atoms with van der Waals surface area (Å²) >= 11 is 0. The molecular formula is C12H12FN2+. The highest BCUT2D eigenvalue weighted by Gasteiger charge is 2.12. The number of halogens is 1. The van der Waals surface area contributed by atoms with E-state index >= 15 is 0 Å². The monoisotopic (exact) mass is 203 g/mol. The van der Waals surface area contributed by atoms with E-state index in [1.165, 1.54) is 12.1 Å². The minimum atomic E-state index is -0.232. The number of hydrogen-bond acceptors (Lipinski definition) is 1. The average Bonchev–Trinajstić information content (AvgIpc) is 2.23. The Morgan fingerprint density at radius 1 is 1.00 bits per heavy atom. The molecule has 1 aromatic heterocycles. The van der Waals surface area contributed by atoms with Crippen molar-refractivity contribution < 1.29 is 9.07 Å². The molecule has 2 aromatic rings. The fourth-order valence-corrected chi connectivity index (χ4v) is 1.43. The van der Waals surface area contributed by atoms with E-state index in [0.717, 1.165) is 17.1 Å². The minimum Gasteiger partial charge on any atom is -0.207 e. The zero-order chi connectivity index (χ0) is 10.8. The molecule has 0 aliphatic carbocycles. The smallest absolute Gasteiger partial charge is 0.207 e. The van der Waals surface area contributed by atoms with Crippen molar-refractivity contribution in [1.29, 1.82) is 0 Å². The van der Waals surface area contributed by atoms with Crippen LogP contribution in [0, 0.1) is 19.7 Å². The van der Waals surface area contributed by atoms with E-state index in [0.29, 0.717) is 0 Å². The van der Waals surface area contributed by atoms with Gasteiger partial charge in [-0.05, 0) is 29.8 Å². The van der Waals surface area contributed by atoms with E-state index in [2.05, 4.69) is 5.10 Å². The van der Waals surface area contributed by atoms with Gasteiger partial charge in [-0.1, -0.05) is 0 Å². The first-order valence-corrected chi connectivity index (χ1v) is 4.79. The van der Waals surface area contributed by atoms with Gasteiger partial charge >= 0.3 is 0 Å². The summed E-state index contributed by atoms with van der Waals surface area (Å²) in [6.45, 7) is 3.90. The Labute approximate surface area is 88.0 Å². The molecule has 0 amide bonds. The molecule has 0 spiro atoms. The van der Waals surface area contributed by atoms with E-state index in [1.54, 1.807) is 16.8 Å². The second kappa shape index (κ2) is 3.77. The summed E-state index contributed by atoms with van der Waals surface area (Å²) in [7, 11) is 0. The van der Waals surface area contributed by atoms with Crippen molar-refractivity contribution in [1.82, 2.24) is 5.10 Å². The van der Waals surface area contributed by atoms with Gasteiger partial charge in [-0.15, -0.1) is 0 Å². The zero-order valence-corrected chi connectivity index (χ0v) is 8.74. The third kappa shape index (κ3) is 2.01. The maximum atomic E-state index is 12.8. The largest absolute Gasteiger partial charge is 0.238 e. The van der Waals surface area contributed by atoms with Crippen molar-refractivity contribution in [3.8, 4) is 5.69 Å². The molecule has 0 saturated heterocycles.